The molecule has 0 saturated carbocycles. The maximum atomic E-state index is 13.2. The second kappa shape index (κ2) is 8.72. The highest BCUT2D eigenvalue weighted by atomic mass is 35.5. The van der Waals surface area contributed by atoms with Crippen molar-refractivity contribution in [2.45, 2.75) is 6.92 Å². The molecule has 32 heavy (non-hydrogen) atoms. The molecule has 2 aromatic heterocycles. The molecule has 8 heteroatoms. The topological polar surface area (TPSA) is 75.9 Å². The van der Waals surface area contributed by atoms with Gasteiger partial charge in [0, 0.05) is 35.2 Å². The molecule has 0 aliphatic carbocycles. The van der Waals surface area contributed by atoms with Crippen molar-refractivity contribution >= 4 is 40.6 Å². The van der Waals surface area contributed by atoms with E-state index >= 15 is 0 Å². The monoisotopic (exact) mass is 448 g/mol. The summed E-state index contributed by atoms with van der Waals surface area (Å²) in [5.74, 6) is -0.135. The highest BCUT2D eigenvalue weighted by Crippen LogP contribution is 2.26. The molecule has 1 N–H and O–H groups in total. The highest BCUT2D eigenvalue weighted by Gasteiger charge is 2.18. The lowest BCUT2D eigenvalue weighted by molar-refractivity contribution is 0.0992. The molecule has 0 saturated heterocycles. The van der Waals surface area contributed by atoms with Gasteiger partial charge in [0.15, 0.2) is 0 Å². The van der Waals surface area contributed by atoms with E-state index in [0.29, 0.717) is 16.3 Å². The number of pyridine rings is 1. The van der Waals surface area contributed by atoms with Crippen molar-refractivity contribution in [1.29, 1.82) is 0 Å². The van der Waals surface area contributed by atoms with Crippen LogP contribution in [0.5, 0.6) is 0 Å². The molecule has 0 aliphatic heterocycles. The van der Waals surface area contributed by atoms with Gasteiger partial charge in [-0.1, -0.05) is 23.7 Å². The van der Waals surface area contributed by atoms with Crippen molar-refractivity contribution in [3.05, 3.63) is 83.1 Å². The Morgan fingerprint density at radius 2 is 1.78 bits per heavy atom. The van der Waals surface area contributed by atoms with Crippen LogP contribution < -0.4 is 10.2 Å². The van der Waals surface area contributed by atoms with Gasteiger partial charge >= 0.3 is 6.09 Å². The number of nitrogens with zero attached hydrogens (tertiary/aromatic N) is 3. The number of carbonyl (C=O) groups excluding carboxylic acids is 2. The molecule has 0 atom stereocenters. The van der Waals surface area contributed by atoms with Crippen LogP contribution in [0, 0.1) is 6.92 Å². The second-order valence-corrected chi connectivity index (χ2v) is 7.71. The zero-order chi connectivity index (χ0) is 22.8. The van der Waals surface area contributed by atoms with E-state index in [9.17, 15) is 9.59 Å². The summed E-state index contributed by atoms with van der Waals surface area (Å²) in [4.78, 5) is 30.7. The molecule has 162 valence electrons. The first-order valence-corrected chi connectivity index (χ1v) is 10.2. The summed E-state index contributed by atoms with van der Waals surface area (Å²) in [7, 11) is 3.05. The maximum Gasteiger partial charge on any atom is 0.411 e. The molecule has 0 radical (unpaired) electrons. The molecular formula is C24H21ClN4O3. The average molecular weight is 449 g/mol. The normalized spacial score (nSPS) is 10.8. The van der Waals surface area contributed by atoms with E-state index in [0.717, 1.165) is 28.2 Å². The second-order valence-electron chi connectivity index (χ2n) is 7.28. The first-order valence-electron chi connectivity index (χ1n) is 9.84. The Labute approximate surface area is 190 Å². The number of imidazole rings is 1. The number of aromatic nitrogens is 2. The predicted octanol–water partition coefficient (Wildman–Crippen LogP) is 5.42. The molecule has 2 aromatic carbocycles. The van der Waals surface area contributed by atoms with Crippen molar-refractivity contribution in [3.8, 4) is 11.3 Å². The SMILES string of the molecule is COC(=O)Nc1ccc(-c2cnc3cc(C)c(C(=O)N(C)c4ccc(Cl)cc4)cn23)cc1. The van der Waals surface area contributed by atoms with Gasteiger partial charge in [-0.15, -0.1) is 0 Å². The fraction of sp³-hybridized carbons (Fsp3) is 0.125. The van der Waals surface area contributed by atoms with Crippen LogP contribution in [0.4, 0.5) is 16.2 Å². The van der Waals surface area contributed by atoms with Gasteiger partial charge in [0.2, 0.25) is 0 Å². The number of rotatable bonds is 4. The molecule has 2 heterocycles. The summed E-state index contributed by atoms with van der Waals surface area (Å²) in [6, 6.07) is 16.3. The van der Waals surface area contributed by atoms with E-state index in [1.807, 2.05) is 35.7 Å². The van der Waals surface area contributed by atoms with Crippen LogP contribution >= 0.6 is 11.6 Å². The quantitative estimate of drug-likeness (QED) is 0.452. The standard InChI is InChI=1S/C24H21ClN4O3/c1-15-12-22-26-13-21(16-4-8-18(9-5-16)27-24(31)32-3)29(22)14-20(15)23(30)28(2)19-10-6-17(25)7-11-19/h4-14H,1-3H3,(H,27,31). The Balaban J connectivity index is 1.68. The van der Waals surface area contributed by atoms with Gasteiger partial charge in [-0.3, -0.25) is 14.5 Å². The summed E-state index contributed by atoms with van der Waals surface area (Å²) in [5.41, 5.74) is 5.22. The number of hydrogen-bond donors (Lipinski definition) is 1. The van der Waals surface area contributed by atoms with Crippen LogP contribution in [-0.2, 0) is 4.74 Å². The number of hydrogen-bond acceptors (Lipinski definition) is 4. The Bertz CT molecular complexity index is 1300. The number of fused-ring (bicyclic) bond motifs is 1. The fourth-order valence-corrected chi connectivity index (χ4v) is 3.54. The van der Waals surface area contributed by atoms with Gasteiger partial charge in [-0.05, 0) is 55.0 Å². The summed E-state index contributed by atoms with van der Waals surface area (Å²) in [6.07, 6.45) is 3.04. The smallest absolute Gasteiger partial charge is 0.411 e. The molecule has 0 aliphatic rings. The summed E-state index contributed by atoms with van der Waals surface area (Å²) in [5, 5.41) is 3.24. The molecule has 7 nitrogen and oxygen atoms in total. The van der Waals surface area contributed by atoms with Crippen LogP contribution in [0.1, 0.15) is 15.9 Å². The van der Waals surface area contributed by atoms with Crippen molar-refractivity contribution in [2.75, 3.05) is 24.4 Å². The predicted molar refractivity (Wildman–Crippen MR) is 126 cm³/mol. The van der Waals surface area contributed by atoms with Crippen LogP contribution in [0.15, 0.2) is 67.0 Å². The Hall–Kier alpha value is -3.84. The van der Waals surface area contributed by atoms with Gasteiger partial charge in [0.1, 0.15) is 5.65 Å². The van der Waals surface area contributed by atoms with Crippen LogP contribution in [0.2, 0.25) is 5.02 Å². The van der Waals surface area contributed by atoms with Gasteiger partial charge in [0.05, 0.1) is 24.6 Å². The Morgan fingerprint density at radius 3 is 2.44 bits per heavy atom. The highest BCUT2D eigenvalue weighted by molar-refractivity contribution is 6.30. The molecule has 0 bridgehead atoms. The third kappa shape index (κ3) is 4.15. The van der Waals surface area contributed by atoms with Crippen molar-refractivity contribution in [3.63, 3.8) is 0 Å². The molecule has 2 amide bonds. The number of nitrogens with one attached hydrogen (secondary N) is 1. The number of aryl methyl sites for hydroxylation is 1. The van der Waals surface area contributed by atoms with Gasteiger partial charge in [-0.2, -0.15) is 0 Å². The third-order valence-electron chi connectivity index (χ3n) is 5.22. The molecular weight excluding hydrogens is 428 g/mol. The number of halogens is 1. The lowest BCUT2D eigenvalue weighted by Gasteiger charge is -2.19. The van der Waals surface area contributed by atoms with Gasteiger partial charge < -0.3 is 9.64 Å². The number of amides is 2. The van der Waals surface area contributed by atoms with Crippen molar-refractivity contribution in [2.24, 2.45) is 0 Å². The van der Waals surface area contributed by atoms with E-state index in [1.54, 1.807) is 54.5 Å². The van der Waals surface area contributed by atoms with Crippen molar-refractivity contribution < 1.29 is 14.3 Å². The molecule has 0 unspecified atom stereocenters. The van der Waals surface area contributed by atoms with Gasteiger partial charge in [-0.25, -0.2) is 9.78 Å². The maximum absolute atomic E-state index is 13.2. The number of benzene rings is 2. The summed E-state index contributed by atoms with van der Waals surface area (Å²) < 4.78 is 6.50. The zero-order valence-electron chi connectivity index (χ0n) is 17.8. The number of anilines is 2. The zero-order valence-corrected chi connectivity index (χ0v) is 18.6. The van der Waals surface area contributed by atoms with Crippen LogP contribution in [0.3, 0.4) is 0 Å². The largest absolute Gasteiger partial charge is 0.453 e. The Kier molecular flexibility index (Phi) is 5.83. The molecule has 4 aromatic rings. The Morgan fingerprint density at radius 1 is 1.09 bits per heavy atom. The summed E-state index contributed by atoms with van der Waals surface area (Å²) >= 11 is 5.97. The molecule has 0 fully saturated rings. The first kappa shape index (κ1) is 21.4. The first-order chi connectivity index (χ1) is 15.4. The molecule has 4 rings (SSSR count). The number of ether oxygens (including phenoxy) is 1. The van der Waals surface area contributed by atoms with E-state index in [2.05, 4.69) is 15.0 Å². The molecule has 0 spiro atoms. The van der Waals surface area contributed by atoms with Crippen LogP contribution in [-0.4, -0.2) is 35.5 Å². The summed E-state index contributed by atoms with van der Waals surface area (Å²) in [6.45, 7) is 1.89. The van der Waals surface area contributed by atoms with Crippen LogP contribution in [0.25, 0.3) is 16.9 Å². The third-order valence-corrected chi connectivity index (χ3v) is 5.47. The van der Waals surface area contributed by atoms with Crippen molar-refractivity contribution in [1.82, 2.24) is 9.38 Å². The van der Waals surface area contributed by atoms with E-state index in [-0.39, 0.29) is 5.91 Å². The fourth-order valence-electron chi connectivity index (χ4n) is 3.41. The lowest BCUT2D eigenvalue weighted by atomic mass is 10.1. The number of carbonyl (C=O) groups is 2. The van der Waals surface area contributed by atoms with E-state index in [4.69, 9.17) is 11.6 Å². The minimum Gasteiger partial charge on any atom is -0.453 e. The van der Waals surface area contributed by atoms with Gasteiger partial charge in [0.25, 0.3) is 5.91 Å². The lowest BCUT2D eigenvalue weighted by Crippen LogP contribution is -2.27. The minimum atomic E-state index is -0.531. The van der Waals surface area contributed by atoms with E-state index in [1.165, 1.54) is 7.11 Å². The minimum absolute atomic E-state index is 0.135. The number of methoxy groups -OCH3 is 1. The average Bonchev–Trinajstić information content (AvgIpc) is 3.21. The van der Waals surface area contributed by atoms with E-state index < -0.39 is 6.09 Å².